The lowest BCUT2D eigenvalue weighted by Crippen LogP contribution is -2.42. The third-order valence-corrected chi connectivity index (χ3v) is 3.54. The number of fused-ring (bicyclic) bond motifs is 1. The summed E-state index contributed by atoms with van der Waals surface area (Å²) in [6.07, 6.45) is 1.73. The Bertz CT molecular complexity index is 419. The molecular weight excluding hydrogens is 270 g/mol. The van der Waals surface area contributed by atoms with E-state index in [0.29, 0.717) is 0 Å². The molecule has 1 aromatic rings. The van der Waals surface area contributed by atoms with E-state index in [0.717, 1.165) is 23.0 Å². The molecule has 16 heavy (non-hydrogen) atoms. The topological polar surface area (TPSA) is 29.5 Å². The summed E-state index contributed by atoms with van der Waals surface area (Å²) in [6, 6.07) is 5.99. The molecule has 0 bridgehead atoms. The van der Waals surface area contributed by atoms with Crippen LogP contribution in [-0.4, -0.2) is 26.2 Å². The molecule has 1 heterocycles. The average molecular weight is 284 g/mol. The van der Waals surface area contributed by atoms with Crippen molar-refractivity contribution in [1.29, 1.82) is 0 Å². The summed E-state index contributed by atoms with van der Waals surface area (Å²) in [5, 5.41) is 0. The van der Waals surface area contributed by atoms with Gasteiger partial charge in [-0.05, 0) is 36.6 Å². The Morgan fingerprint density at radius 3 is 3.00 bits per heavy atom. The lowest BCUT2D eigenvalue weighted by atomic mass is 9.96. The summed E-state index contributed by atoms with van der Waals surface area (Å²) in [7, 11) is 3.38. The summed E-state index contributed by atoms with van der Waals surface area (Å²) in [5.74, 6) is -0.156. The molecule has 86 valence electrons. The second kappa shape index (κ2) is 4.45. The zero-order valence-corrected chi connectivity index (χ0v) is 11.0. The molecule has 3 nitrogen and oxygen atoms in total. The van der Waals surface area contributed by atoms with Crippen molar-refractivity contribution in [2.45, 2.75) is 18.9 Å². The highest BCUT2D eigenvalue weighted by molar-refractivity contribution is 9.10. The van der Waals surface area contributed by atoms with E-state index in [9.17, 15) is 4.79 Å². The summed E-state index contributed by atoms with van der Waals surface area (Å²) >= 11 is 3.46. The van der Waals surface area contributed by atoms with E-state index in [4.69, 9.17) is 4.74 Å². The Balaban J connectivity index is 2.32. The molecule has 0 aromatic heterocycles. The third kappa shape index (κ3) is 1.94. The highest BCUT2D eigenvalue weighted by atomic mass is 79.9. The van der Waals surface area contributed by atoms with Gasteiger partial charge >= 0.3 is 5.97 Å². The highest BCUT2D eigenvalue weighted by Gasteiger charge is 2.29. The Labute approximate surface area is 104 Å². The van der Waals surface area contributed by atoms with Crippen molar-refractivity contribution in [1.82, 2.24) is 0 Å². The van der Waals surface area contributed by atoms with Crippen LogP contribution in [0.25, 0.3) is 0 Å². The van der Waals surface area contributed by atoms with E-state index in [-0.39, 0.29) is 12.0 Å². The number of methoxy groups -OCH3 is 1. The van der Waals surface area contributed by atoms with Crippen molar-refractivity contribution in [3.05, 3.63) is 28.2 Å². The van der Waals surface area contributed by atoms with Crippen molar-refractivity contribution in [3.63, 3.8) is 0 Å². The van der Waals surface area contributed by atoms with E-state index in [1.165, 1.54) is 12.7 Å². The van der Waals surface area contributed by atoms with Crippen LogP contribution < -0.4 is 4.90 Å². The SMILES string of the molecule is COC(=O)C1CCc2cc(Br)ccc2N1C. The molecule has 2 rings (SSSR count). The molecule has 1 unspecified atom stereocenters. The molecule has 0 amide bonds. The monoisotopic (exact) mass is 283 g/mol. The van der Waals surface area contributed by atoms with E-state index < -0.39 is 0 Å². The minimum Gasteiger partial charge on any atom is -0.467 e. The Kier molecular flexibility index (Phi) is 3.19. The number of ether oxygens (including phenoxy) is 1. The molecule has 1 aliphatic heterocycles. The first-order chi connectivity index (χ1) is 7.63. The predicted molar refractivity (Wildman–Crippen MR) is 66.7 cm³/mol. The molecular formula is C12H14BrNO2. The quantitative estimate of drug-likeness (QED) is 0.741. The van der Waals surface area contributed by atoms with Gasteiger partial charge in [0.1, 0.15) is 6.04 Å². The van der Waals surface area contributed by atoms with Gasteiger partial charge < -0.3 is 9.64 Å². The van der Waals surface area contributed by atoms with Crippen LogP contribution in [0.1, 0.15) is 12.0 Å². The van der Waals surface area contributed by atoms with Crippen molar-refractivity contribution in [3.8, 4) is 0 Å². The fourth-order valence-electron chi connectivity index (χ4n) is 2.16. The second-order valence-corrected chi connectivity index (χ2v) is 4.88. The fraction of sp³-hybridized carbons (Fsp3) is 0.417. The molecule has 0 N–H and O–H groups in total. The number of aryl methyl sites for hydroxylation is 1. The number of nitrogens with zero attached hydrogens (tertiary/aromatic N) is 1. The summed E-state index contributed by atoms with van der Waals surface area (Å²) in [4.78, 5) is 13.6. The van der Waals surface area contributed by atoms with Crippen LogP contribution in [0.4, 0.5) is 5.69 Å². The van der Waals surface area contributed by atoms with Gasteiger partial charge in [0, 0.05) is 17.2 Å². The van der Waals surface area contributed by atoms with Crippen LogP contribution in [0.15, 0.2) is 22.7 Å². The summed E-state index contributed by atoms with van der Waals surface area (Å²) in [6.45, 7) is 0. The first-order valence-corrected chi connectivity index (χ1v) is 6.02. The van der Waals surface area contributed by atoms with Gasteiger partial charge in [-0.3, -0.25) is 0 Å². The largest absolute Gasteiger partial charge is 0.467 e. The van der Waals surface area contributed by atoms with Crippen molar-refractivity contribution in [2.24, 2.45) is 0 Å². The van der Waals surface area contributed by atoms with Gasteiger partial charge in [-0.15, -0.1) is 0 Å². The highest BCUT2D eigenvalue weighted by Crippen LogP contribution is 2.31. The minimum absolute atomic E-state index is 0.154. The molecule has 4 heteroatoms. The molecule has 0 radical (unpaired) electrons. The number of rotatable bonds is 1. The van der Waals surface area contributed by atoms with Crippen LogP contribution >= 0.6 is 15.9 Å². The number of carbonyl (C=O) groups excluding carboxylic acids is 1. The van der Waals surface area contributed by atoms with Crippen LogP contribution in [0.3, 0.4) is 0 Å². The minimum atomic E-state index is -0.156. The Morgan fingerprint density at radius 1 is 1.56 bits per heavy atom. The van der Waals surface area contributed by atoms with Crippen LogP contribution in [0.5, 0.6) is 0 Å². The van der Waals surface area contributed by atoms with Gasteiger partial charge in [0.15, 0.2) is 0 Å². The number of halogens is 1. The number of likely N-dealkylation sites (N-methyl/N-ethyl adjacent to an activating group) is 1. The third-order valence-electron chi connectivity index (χ3n) is 3.05. The van der Waals surface area contributed by atoms with Crippen molar-refractivity contribution in [2.75, 3.05) is 19.1 Å². The maximum atomic E-state index is 11.6. The zero-order chi connectivity index (χ0) is 11.7. The lowest BCUT2D eigenvalue weighted by Gasteiger charge is -2.34. The number of hydrogen-bond acceptors (Lipinski definition) is 3. The standard InChI is InChI=1S/C12H14BrNO2/c1-14-10-6-4-9(13)7-8(10)3-5-11(14)12(15)16-2/h4,6-7,11H,3,5H2,1-2H3. The Hall–Kier alpha value is -1.03. The average Bonchev–Trinajstić information content (AvgIpc) is 2.28. The number of benzene rings is 1. The van der Waals surface area contributed by atoms with Gasteiger partial charge in [0.2, 0.25) is 0 Å². The predicted octanol–water partition coefficient (Wildman–Crippen LogP) is 2.37. The molecule has 0 fully saturated rings. The molecule has 0 saturated heterocycles. The fourth-order valence-corrected chi connectivity index (χ4v) is 2.57. The smallest absolute Gasteiger partial charge is 0.328 e. The molecule has 1 aliphatic rings. The first kappa shape index (κ1) is 11.5. The number of hydrogen-bond donors (Lipinski definition) is 0. The van der Waals surface area contributed by atoms with E-state index >= 15 is 0 Å². The molecule has 1 atom stereocenters. The van der Waals surface area contributed by atoms with Gasteiger partial charge in [0.05, 0.1) is 7.11 Å². The van der Waals surface area contributed by atoms with Crippen LogP contribution in [0, 0.1) is 0 Å². The summed E-state index contributed by atoms with van der Waals surface area (Å²) in [5.41, 5.74) is 2.39. The molecule has 1 aromatic carbocycles. The maximum Gasteiger partial charge on any atom is 0.328 e. The number of esters is 1. The lowest BCUT2D eigenvalue weighted by molar-refractivity contribution is -0.142. The zero-order valence-electron chi connectivity index (χ0n) is 9.37. The second-order valence-electron chi connectivity index (χ2n) is 3.96. The maximum absolute atomic E-state index is 11.6. The van der Waals surface area contributed by atoms with Crippen molar-refractivity contribution >= 4 is 27.6 Å². The molecule has 0 saturated carbocycles. The Morgan fingerprint density at radius 2 is 2.31 bits per heavy atom. The van der Waals surface area contributed by atoms with E-state index in [1.807, 2.05) is 24.1 Å². The normalized spacial score (nSPS) is 19.2. The van der Waals surface area contributed by atoms with Gasteiger partial charge in [-0.25, -0.2) is 4.79 Å². The number of anilines is 1. The van der Waals surface area contributed by atoms with Gasteiger partial charge in [-0.1, -0.05) is 15.9 Å². The van der Waals surface area contributed by atoms with Crippen molar-refractivity contribution < 1.29 is 9.53 Å². The van der Waals surface area contributed by atoms with E-state index in [2.05, 4.69) is 22.0 Å². The van der Waals surface area contributed by atoms with Crippen LogP contribution in [0.2, 0.25) is 0 Å². The molecule has 0 spiro atoms. The first-order valence-electron chi connectivity index (χ1n) is 5.22. The van der Waals surface area contributed by atoms with Gasteiger partial charge in [-0.2, -0.15) is 0 Å². The molecule has 0 aliphatic carbocycles. The van der Waals surface area contributed by atoms with E-state index in [1.54, 1.807) is 0 Å². The van der Waals surface area contributed by atoms with Crippen LogP contribution in [-0.2, 0) is 16.0 Å². The van der Waals surface area contributed by atoms with Gasteiger partial charge in [0.25, 0.3) is 0 Å². The number of carbonyl (C=O) groups is 1. The summed E-state index contributed by atoms with van der Waals surface area (Å²) < 4.78 is 5.89.